The Bertz CT molecular complexity index is 549. The zero-order valence-corrected chi connectivity index (χ0v) is 10.4. The Morgan fingerprint density at radius 1 is 1.44 bits per heavy atom. The molecule has 0 unspecified atom stereocenters. The summed E-state index contributed by atoms with van der Waals surface area (Å²) in [5.41, 5.74) is 3.47. The molecule has 2 rings (SSSR count). The van der Waals surface area contributed by atoms with Gasteiger partial charge >= 0.3 is 6.09 Å². The molecule has 94 valence electrons. The lowest BCUT2D eigenvalue weighted by Gasteiger charge is -2.06. The van der Waals surface area contributed by atoms with Gasteiger partial charge in [-0.25, -0.2) is 4.79 Å². The molecule has 1 aromatic heterocycles. The number of aryl methyl sites for hydroxylation is 1. The number of hydrogen-bond donors (Lipinski definition) is 2. The Morgan fingerprint density at radius 2 is 2.28 bits per heavy atom. The number of benzene rings is 1. The van der Waals surface area contributed by atoms with Gasteiger partial charge in [-0.2, -0.15) is 5.10 Å². The maximum absolute atomic E-state index is 11.3. The van der Waals surface area contributed by atoms with Crippen LogP contribution in [-0.4, -0.2) is 22.9 Å². The highest BCUT2D eigenvalue weighted by Crippen LogP contribution is 2.21. The summed E-state index contributed by atoms with van der Waals surface area (Å²) in [5.74, 6) is 0. The zero-order chi connectivity index (χ0) is 13.0. The van der Waals surface area contributed by atoms with E-state index in [2.05, 4.69) is 15.5 Å². The third-order valence-corrected chi connectivity index (χ3v) is 2.39. The minimum Gasteiger partial charge on any atom is -0.450 e. The molecule has 5 heteroatoms. The van der Waals surface area contributed by atoms with E-state index in [4.69, 9.17) is 4.74 Å². The zero-order valence-electron chi connectivity index (χ0n) is 10.4. The third kappa shape index (κ3) is 2.88. The fourth-order valence-corrected chi connectivity index (χ4v) is 1.61. The molecule has 1 amide bonds. The minimum atomic E-state index is -0.451. The van der Waals surface area contributed by atoms with Gasteiger partial charge in [-0.3, -0.25) is 10.4 Å². The number of rotatable bonds is 3. The number of nitrogens with one attached hydrogen (secondary N) is 2. The molecule has 0 fully saturated rings. The number of hydrogen-bond acceptors (Lipinski definition) is 3. The first kappa shape index (κ1) is 12.2. The number of H-pyrrole nitrogens is 1. The minimum absolute atomic E-state index is 0.351. The Kier molecular flexibility index (Phi) is 3.62. The first-order valence-corrected chi connectivity index (χ1v) is 5.75. The maximum atomic E-state index is 11.3. The first-order chi connectivity index (χ1) is 8.69. The van der Waals surface area contributed by atoms with Crippen molar-refractivity contribution in [2.75, 3.05) is 11.9 Å². The topological polar surface area (TPSA) is 67.0 Å². The predicted octanol–water partition coefficient (Wildman–Crippen LogP) is 2.95. The van der Waals surface area contributed by atoms with Crippen molar-refractivity contribution in [3.63, 3.8) is 0 Å². The molecule has 5 nitrogen and oxygen atoms in total. The number of nitrogens with zero attached hydrogens (tertiary/aromatic N) is 1. The summed E-state index contributed by atoms with van der Waals surface area (Å²) in [7, 11) is 0. The molecule has 0 spiro atoms. The van der Waals surface area contributed by atoms with Crippen LogP contribution in [0.3, 0.4) is 0 Å². The van der Waals surface area contributed by atoms with Gasteiger partial charge < -0.3 is 4.74 Å². The largest absolute Gasteiger partial charge is 0.450 e. The van der Waals surface area contributed by atoms with Crippen molar-refractivity contribution in [3.8, 4) is 11.3 Å². The van der Waals surface area contributed by atoms with Gasteiger partial charge in [0.05, 0.1) is 12.3 Å². The van der Waals surface area contributed by atoms with Gasteiger partial charge in [0.2, 0.25) is 0 Å². The lowest BCUT2D eigenvalue weighted by molar-refractivity contribution is 0.168. The lowest BCUT2D eigenvalue weighted by Crippen LogP contribution is -2.13. The van der Waals surface area contributed by atoms with Gasteiger partial charge in [0.1, 0.15) is 0 Å². The van der Waals surface area contributed by atoms with Crippen LogP contribution in [0.5, 0.6) is 0 Å². The molecule has 0 saturated carbocycles. The van der Waals surface area contributed by atoms with Gasteiger partial charge in [0.15, 0.2) is 0 Å². The molecular weight excluding hydrogens is 230 g/mol. The molecule has 1 aromatic carbocycles. The van der Waals surface area contributed by atoms with Gasteiger partial charge in [0, 0.05) is 16.9 Å². The van der Waals surface area contributed by atoms with E-state index in [1.165, 1.54) is 0 Å². The van der Waals surface area contributed by atoms with Crippen molar-refractivity contribution < 1.29 is 9.53 Å². The van der Waals surface area contributed by atoms with Gasteiger partial charge in [0.25, 0.3) is 0 Å². The Hall–Kier alpha value is -2.30. The van der Waals surface area contributed by atoms with Crippen molar-refractivity contribution >= 4 is 11.8 Å². The molecule has 0 aliphatic carbocycles. The van der Waals surface area contributed by atoms with Crippen molar-refractivity contribution in [3.05, 3.63) is 36.0 Å². The van der Waals surface area contributed by atoms with Crippen molar-refractivity contribution in [1.82, 2.24) is 10.2 Å². The van der Waals surface area contributed by atoms with E-state index in [9.17, 15) is 4.79 Å². The molecule has 0 atom stereocenters. The number of carbonyl (C=O) groups excluding carboxylic acids is 1. The second-order valence-corrected chi connectivity index (χ2v) is 3.86. The highest BCUT2D eigenvalue weighted by atomic mass is 16.5. The standard InChI is InChI=1S/C13H15N3O2/c1-3-18-13(17)14-11-6-4-5-10(8-11)12-7-9(2)15-16-12/h4-8H,3H2,1-2H3,(H,14,17)(H,15,16). The van der Waals surface area contributed by atoms with Crippen LogP contribution < -0.4 is 5.32 Å². The van der Waals surface area contributed by atoms with E-state index in [1.807, 2.05) is 31.2 Å². The summed E-state index contributed by atoms with van der Waals surface area (Å²) >= 11 is 0. The fraction of sp³-hybridized carbons (Fsp3) is 0.231. The van der Waals surface area contributed by atoms with Crippen molar-refractivity contribution in [2.45, 2.75) is 13.8 Å². The summed E-state index contributed by atoms with van der Waals surface area (Å²) < 4.78 is 4.82. The molecule has 0 aliphatic rings. The molecule has 2 aromatic rings. The smallest absolute Gasteiger partial charge is 0.411 e. The van der Waals surface area contributed by atoms with E-state index in [-0.39, 0.29) is 0 Å². The average Bonchev–Trinajstić information content (AvgIpc) is 2.76. The number of ether oxygens (including phenoxy) is 1. The van der Waals surface area contributed by atoms with Gasteiger partial charge in [-0.1, -0.05) is 12.1 Å². The van der Waals surface area contributed by atoms with Gasteiger partial charge in [-0.05, 0) is 32.0 Å². The van der Waals surface area contributed by atoms with E-state index in [0.717, 1.165) is 17.0 Å². The quantitative estimate of drug-likeness (QED) is 0.873. The molecule has 18 heavy (non-hydrogen) atoms. The molecule has 0 saturated heterocycles. The van der Waals surface area contributed by atoms with E-state index < -0.39 is 6.09 Å². The SMILES string of the molecule is CCOC(=O)Nc1cccc(-c2cc(C)[nH]n2)c1. The molecule has 0 aliphatic heterocycles. The normalized spacial score (nSPS) is 10.1. The fourth-order valence-electron chi connectivity index (χ4n) is 1.61. The lowest BCUT2D eigenvalue weighted by atomic mass is 10.1. The Labute approximate surface area is 105 Å². The van der Waals surface area contributed by atoms with Crippen LogP contribution >= 0.6 is 0 Å². The number of carbonyl (C=O) groups is 1. The molecule has 0 radical (unpaired) electrons. The summed E-state index contributed by atoms with van der Waals surface area (Å²) in [6.07, 6.45) is -0.451. The number of aromatic nitrogens is 2. The maximum Gasteiger partial charge on any atom is 0.411 e. The second-order valence-electron chi connectivity index (χ2n) is 3.86. The molecule has 2 N–H and O–H groups in total. The molecule has 1 heterocycles. The Morgan fingerprint density at radius 3 is 2.94 bits per heavy atom. The van der Waals surface area contributed by atoms with Crippen LogP contribution in [0.15, 0.2) is 30.3 Å². The highest BCUT2D eigenvalue weighted by molar-refractivity contribution is 5.85. The first-order valence-electron chi connectivity index (χ1n) is 5.75. The average molecular weight is 245 g/mol. The van der Waals surface area contributed by atoms with E-state index in [0.29, 0.717) is 12.3 Å². The van der Waals surface area contributed by atoms with E-state index in [1.54, 1.807) is 13.0 Å². The van der Waals surface area contributed by atoms with E-state index >= 15 is 0 Å². The third-order valence-electron chi connectivity index (χ3n) is 2.39. The number of anilines is 1. The second kappa shape index (κ2) is 5.35. The number of amides is 1. The van der Waals surface area contributed by atoms with Crippen molar-refractivity contribution in [2.24, 2.45) is 0 Å². The molecular formula is C13H15N3O2. The van der Waals surface area contributed by atoms with Crippen LogP contribution in [0.1, 0.15) is 12.6 Å². The van der Waals surface area contributed by atoms with Crippen LogP contribution in [0.4, 0.5) is 10.5 Å². The van der Waals surface area contributed by atoms with Crippen LogP contribution in [0, 0.1) is 6.92 Å². The predicted molar refractivity (Wildman–Crippen MR) is 69.4 cm³/mol. The summed E-state index contributed by atoms with van der Waals surface area (Å²) in [5, 5.41) is 9.72. The Balaban J connectivity index is 2.17. The number of aromatic amines is 1. The summed E-state index contributed by atoms with van der Waals surface area (Å²) in [4.78, 5) is 11.3. The summed E-state index contributed by atoms with van der Waals surface area (Å²) in [6, 6.07) is 9.41. The molecule has 0 bridgehead atoms. The summed E-state index contributed by atoms with van der Waals surface area (Å²) in [6.45, 7) is 4.06. The monoisotopic (exact) mass is 245 g/mol. The van der Waals surface area contributed by atoms with Crippen molar-refractivity contribution in [1.29, 1.82) is 0 Å². The van der Waals surface area contributed by atoms with Crippen LogP contribution in [0.2, 0.25) is 0 Å². The van der Waals surface area contributed by atoms with Crippen LogP contribution in [-0.2, 0) is 4.74 Å². The van der Waals surface area contributed by atoms with Gasteiger partial charge in [-0.15, -0.1) is 0 Å². The highest BCUT2D eigenvalue weighted by Gasteiger charge is 2.05. The van der Waals surface area contributed by atoms with Crippen LogP contribution in [0.25, 0.3) is 11.3 Å².